The number of carbonyl (C=O) groups is 2. The van der Waals surface area contributed by atoms with Crippen molar-refractivity contribution < 1.29 is 23.1 Å². The third-order valence-electron chi connectivity index (χ3n) is 2.10. The first-order chi connectivity index (χ1) is 8.06. The maximum absolute atomic E-state index is 12.3. The van der Waals surface area contributed by atoms with Gasteiger partial charge in [-0.2, -0.15) is 0 Å². The Morgan fingerprint density at radius 3 is 2.53 bits per heavy atom. The van der Waals surface area contributed by atoms with Crippen LogP contribution in [-0.4, -0.2) is 24.8 Å². The Morgan fingerprint density at radius 1 is 1.29 bits per heavy atom. The van der Waals surface area contributed by atoms with Crippen LogP contribution in [-0.2, 0) is 16.0 Å². The third kappa shape index (κ3) is 3.62. The zero-order valence-corrected chi connectivity index (χ0v) is 9.28. The summed E-state index contributed by atoms with van der Waals surface area (Å²) in [6.45, 7) is 1.64. The molecule has 1 aromatic rings. The van der Waals surface area contributed by atoms with Gasteiger partial charge < -0.3 is 4.74 Å². The number of benzene rings is 1. The second-order valence-corrected chi connectivity index (χ2v) is 3.30. The molecule has 17 heavy (non-hydrogen) atoms. The van der Waals surface area contributed by atoms with Crippen LogP contribution >= 0.6 is 0 Å². The lowest BCUT2D eigenvalue weighted by Gasteiger charge is -2.07. The molecule has 0 bridgehead atoms. The number of hydrogen-bond donors (Lipinski definition) is 0. The minimum absolute atomic E-state index is 0.0220. The summed E-state index contributed by atoms with van der Waals surface area (Å²) < 4.78 is 29.1. The Labute approximate surface area is 97.4 Å². The molecule has 0 saturated carbocycles. The first-order valence-corrected chi connectivity index (χ1v) is 5.13. The third-order valence-corrected chi connectivity index (χ3v) is 2.10. The summed E-state index contributed by atoms with van der Waals surface area (Å²) in [7, 11) is 0. The first-order valence-electron chi connectivity index (χ1n) is 5.13. The van der Waals surface area contributed by atoms with Gasteiger partial charge in [0.1, 0.15) is 0 Å². The Bertz CT molecular complexity index is 416. The summed E-state index contributed by atoms with van der Waals surface area (Å²) in [4.78, 5) is 22.8. The zero-order valence-electron chi connectivity index (χ0n) is 9.28. The van der Waals surface area contributed by atoms with Crippen LogP contribution in [0.15, 0.2) is 24.3 Å². The van der Waals surface area contributed by atoms with Gasteiger partial charge in [0, 0.05) is 12.0 Å². The molecule has 0 amide bonds. The molecule has 92 valence electrons. The van der Waals surface area contributed by atoms with Crippen molar-refractivity contribution in [2.24, 2.45) is 0 Å². The monoisotopic (exact) mass is 242 g/mol. The predicted molar refractivity (Wildman–Crippen MR) is 57.1 cm³/mol. The average Bonchev–Trinajstić information content (AvgIpc) is 2.28. The van der Waals surface area contributed by atoms with Gasteiger partial charge in [-0.15, -0.1) is 0 Å². The highest BCUT2D eigenvalue weighted by Gasteiger charge is 2.21. The fourth-order valence-corrected chi connectivity index (χ4v) is 1.39. The lowest BCUT2D eigenvalue weighted by molar-refractivity contribution is -0.137. The van der Waals surface area contributed by atoms with E-state index in [0.29, 0.717) is 0 Å². The number of hydrogen-bond acceptors (Lipinski definition) is 3. The van der Waals surface area contributed by atoms with E-state index in [2.05, 4.69) is 4.74 Å². The van der Waals surface area contributed by atoms with Crippen molar-refractivity contribution in [3.8, 4) is 0 Å². The molecule has 0 unspecified atom stereocenters. The van der Waals surface area contributed by atoms with Crippen LogP contribution in [0.2, 0.25) is 0 Å². The van der Waals surface area contributed by atoms with Crippen molar-refractivity contribution in [2.45, 2.75) is 19.8 Å². The van der Waals surface area contributed by atoms with E-state index in [9.17, 15) is 18.4 Å². The second kappa shape index (κ2) is 6.08. The minimum Gasteiger partial charge on any atom is -0.460 e. The molecule has 1 aromatic carbocycles. The van der Waals surface area contributed by atoms with E-state index in [4.69, 9.17) is 0 Å². The number of carbonyl (C=O) groups excluding carboxylic acids is 2. The number of halogens is 2. The first kappa shape index (κ1) is 13.3. The summed E-state index contributed by atoms with van der Waals surface area (Å²) in [6, 6.07) is 5.80. The maximum Gasteiger partial charge on any atom is 0.379 e. The van der Waals surface area contributed by atoms with Crippen LogP contribution in [0.3, 0.4) is 0 Å². The molecule has 0 aliphatic carbocycles. The molecular formula is C12H12F2O3. The van der Waals surface area contributed by atoms with Crippen LogP contribution in [0.25, 0.3) is 0 Å². The van der Waals surface area contributed by atoms with E-state index in [1.807, 2.05) is 0 Å². The topological polar surface area (TPSA) is 43.4 Å². The quantitative estimate of drug-likeness (QED) is 0.452. The van der Waals surface area contributed by atoms with Gasteiger partial charge in [-0.1, -0.05) is 24.3 Å². The maximum atomic E-state index is 12.3. The van der Waals surface area contributed by atoms with Crippen molar-refractivity contribution in [3.63, 3.8) is 0 Å². The van der Waals surface area contributed by atoms with Gasteiger partial charge in [-0.05, 0) is 12.5 Å². The van der Waals surface area contributed by atoms with Crippen molar-refractivity contribution in [1.29, 1.82) is 0 Å². The number of Topliss-reactive ketones (excluding diaryl/α,β-unsaturated/α-hetero) is 1. The van der Waals surface area contributed by atoms with E-state index in [1.165, 1.54) is 18.2 Å². The zero-order chi connectivity index (χ0) is 12.8. The Hall–Kier alpha value is -1.78. The normalized spacial score (nSPS) is 10.4. The molecule has 0 N–H and O–H groups in total. The molecule has 5 heteroatoms. The van der Waals surface area contributed by atoms with Gasteiger partial charge >= 0.3 is 5.97 Å². The summed E-state index contributed by atoms with van der Waals surface area (Å²) in [5.74, 6) is -1.91. The molecule has 3 nitrogen and oxygen atoms in total. The van der Waals surface area contributed by atoms with E-state index in [-0.39, 0.29) is 17.7 Å². The van der Waals surface area contributed by atoms with Crippen molar-refractivity contribution in [1.82, 2.24) is 0 Å². The number of ether oxygens (including phenoxy) is 1. The molecule has 0 spiro atoms. The van der Waals surface area contributed by atoms with E-state index < -0.39 is 24.6 Å². The number of alkyl halides is 2. The molecule has 0 atom stereocenters. The summed E-state index contributed by atoms with van der Waals surface area (Å²) in [5, 5.41) is 0. The SMILES string of the molecule is CCOC(=O)C(=O)c1ccccc1CC(F)F. The van der Waals surface area contributed by atoms with Crippen LogP contribution in [0.5, 0.6) is 0 Å². The lowest BCUT2D eigenvalue weighted by atomic mass is 10.0. The molecular weight excluding hydrogens is 230 g/mol. The second-order valence-electron chi connectivity index (χ2n) is 3.30. The van der Waals surface area contributed by atoms with Gasteiger partial charge in [0.25, 0.3) is 5.78 Å². The molecule has 0 fully saturated rings. The lowest BCUT2D eigenvalue weighted by Crippen LogP contribution is -2.19. The fourth-order valence-electron chi connectivity index (χ4n) is 1.39. The van der Waals surface area contributed by atoms with Gasteiger partial charge in [-0.3, -0.25) is 4.79 Å². The molecule has 0 aromatic heterocycles. The van der Waals surface area contributed by atoms with Crippen LogP contribution in [0.4, 0.5) is 8.78 Å². The van der Waals surface area contributed by atoms with Gasteiger partial charge in [0.2, 0.25) is 6.43 Å². The molecule has 0 saturated heterocycles. The number of esters is 1. The van der Waals surface area contributed by atoms with Gasteiger partial charge in [-0.25, -0.2) is 13.6 Å². The minimum atomic E-state index is -2.56. The van der Waals surface area contributed by atoms with E-state index in [0.717, 1.165) is 0 Å². The van der Waals surface area contributed by atoms with E-state index >= 15 is 0 Å². The standard InChI is InChI=1S/C12H12F2O3/c1-2-17-12(16)11(15)9-6-4-3-5-8(9)7-10(13)14/h3-6,10H,2,7H2,1H3. The largest absolute Gasteiger partial charge is 0.460 e. The fraction of sp³-hybridized carbons (Fsp3) is 0.333. The highest BCUT2D eigenvalue weighted by molar-refractivity contribution is 6.41. The molecule has 0 heterocycles. The highest BCUT2D eigenvalue weighted by atomic mass is 19.3. The average molecular weight is 242 g/mol. The van der Waals surface area contributed by atoms with E-state index in [1.54, 1.807) is 13.0 Å². The van der Waals surface area contributed by atoms with Crippen molar-refractivity contribution in [3.05, 3.63) is 35.4 Å². The van der Waals surface area contributed by atoms with Gasteiger partial charge in [0.15, 0.2) is 0 Å². The van der Waals surface area contributed by atoms with Crippen LogP contribution < -0.4 is 0 Å². The van der Waals surface area contributed by atoms with Crippen molar-refractivity contribution >= 4 is 11.8 Å². The highest BCUT2D eigenvalue weighted by Crippen LogP contribution is 2.14. The smallest absolute Gasteiger partial charge is 0.379 e. The van der Waals surface area contributed by atoms with Crippen LogP contribution in [0.1, 0.15) is 22.8 Å². The summed E-state index contributed by atoms with van der Waals surface area (Å²) >= 11 is 0. The molecule has 0 aliphatic rings. The Morgan fingerprint density at radius 2 is 1.94 bits per heavy atom. The number of ketones is 1. The van der Waals surface area contributed by atoms with Gasteiger partial charge in [0.05, 0.1) is 6.61 Å². The Balaban J connectivity index is 2.96. The Kier molecular flexibility index (Phi) is 4.75. The number of rotatable bonds is 5. The molecule has 1 rings (SSSR count). The van der Waals surface area contributed by atoms with Crippen molar-refractivity contribution in [2.75, 3.05) is 6.61 Å². The molecule has 0 radical (unpaired) electrons. The summed E-state index contributed by atoms with van der Waals surface area (Å²) in [6.07, 6.45) is -3.12. The summed E-state index contributed by atoms with van der Waals surface area (Å²) in [5.41, 5.74) is 0.131. The molecule has 0 aliphatic heterocycles. The van der Waals surface area contributed by atoms with Crippen LogP contribution in [0, 0.1) is 0 Å². The predicted octanol–water partition coefficient (Wildman–Crippen LogP) is 2.24.